The third-order valence-electron chi connectivity index (χ3n) is 5.06. The molecule has 0 aliphatic rings. The minimum atomic E-state index is 0.799. The second-order valence-corrected chi connectivity index (χ2v) is 7.53. The number of rotatable bonds is 13. The molecule has 156 valence electrons. The van der Waals surface area contributed by atoms with E-state index in [0.717, 1.165) is 35.7 Å². The topological polar surface area (TPSA) is 18.5 Å². The monoisotopic (exact) mass is 392 g/mol. The van der Waals surface area contributed by atoms with Crippen LogP contribution >= 0.6 is 0 Å². The first-order valence-electron chi connectivity index (χ1n) is 11.2. The van der Waals surface area contributed by atoms with E-state index in [0.29, 0.717) is 0 Å². The van der Waals surface area contributed by atoms with E-state index < -0.39 is 0 Å². The van der Waals surface area contributed by atoms with Crippen molar-refractivity contribution in [3.05, 3.63) is 59.7 Å². The van der Waals surface area contributed by atoms with Crippen LogP contribution in [0.5, 0.6) is 11.5 Å². The van der Waals surface area contributed by atoms with Crippen molar-refractivity contribution in [2.24, 2.45) is 0 Å². The molecule has 0 spiro atoms. The van der Waals surface area contributed by atoms with E-state index in [-0.39, 0.29) is 0 Å². The SMILES string of the molecule is CCCCCCCCCCCCOc1ccc(C#Cc2ccc(OC)cc2)cc1. The lowest BCUT2D eigenvalue weighted by atomic mass is 10.1. The maximum Gasteiger partial charge on any atom is 0.119 e. The van der Waals surface area contributed by atoms with Gasteiger partial charge in [0.25, 0.3) is 0 Å². The van der Waals surface area contributed by atoms with Gasteiger partial charge >= 0.3 is 0 Å². The zero-order chi connectivity index (χ0) is 20.6. The molecule has 2 aromatic rings. The number of ether oxygens (including phenoxy) is 2. The van der Waals surface area contributed by atoms with E-state index in [9.17, 15) is 0 Å². The Morgan fingerprint density at radius 2 is 1.03 bits per heavy atom. The molecular formula is C27H36O2. The molecule has 0 saturated carbocycles. The van der Waals surface area contributed by atoms with Gasteiger partial charge in [-0.3, -0.25) is 0 Å². The van der Waals surface area contributed by atoms with Crippen LogP contribution in [0, 0.1) is 11.8 Å². The van der Waals surface area contributed by atoms with Crippen LogP contribution in [0.4, 0.5) is 0 Å². The van der Waals surface area contributed by atoms with Crippen LogP contribution in [0.25, 0.3) is 0 Å². The highest BCUT2D eigenvalue weighted by Crippen LogP contribution is 2.14. The van der Waals surface area contributed by atoms with E-state index >= 15 is 0 Å². The summed E-state index contributed by atoms with van der Waals surface area (Å²) >= 11 is 0. The van der Waals surface area contributed by atoms with Crippen molar-refractivity contribution in [1.29, 1.82) is 0 Å². The van der Waals surface area contributed by atoms with E-state index in [1.54, 1.807) is 7.11 Å². The van der Waals surface area contributed by atoms with Gasteiger partial charge in [-0.25, -0.2) is 0 Å². The minimum absolute atomic E-state index is 0.799. The van der Waals surface area contributed by atoms with Gasteiger partial charge in [0.15, 0.2) is 0 Å². The summed E-state index contributed by atoms with van der Waals surface area (Å²) in [5.74, 6) is 8.14. The highest BCUT2D eigenvalue weighted by atomic mass is 16.5. The van der Waals surface area contributed by atoms with Crippen molar-refractivity contribution < 1.29 is 9.47 Å². The highest BCUT2D eigenvalue weighted by Gasteiger charge is 1.96. The number of benzene rings is 2. The van der Waals surface area contributed by atoms with Gasteiger partial charge in [-0.1, -0.05) is 76.6 Å². The molecule has 0 aromatic heterocycles. The van der Waals surface area contributed by atoms with Crippen molar-refractivity contribution in [3.8, 4) is 23.3 Å². The van der Waals surface area contributed by atoms with Crippen LogP contribution in [-0.4, -0.2) is 13.7 Å². The second kappa shape index (κ2) is 14.6. The van der Waals surface area contributed by atoms with Crippen molar-refractivity contribution in [2.45, 2.75) is 71.1 Å². The lowest BCUT2D eigenvalue weighted by Gasteiger charge is -2.06. The Hall–Kier alpha value is -2.40. The van der Waals surface area contributed by atoms with Crippen molar-refractivity contribution >= 4 is 0 Å². The van der Waals surface area contributed by atoms with Crippen LogP contribution in [0.2, 0.25) is 0 Å². The fraction of sp³-hybridized carbons (Fsp3) is 0.481. The first-order chi connectivity index (χ1) is 14.3. The number of hydrogen-bond acceptors (Lipinski definition) is 2. The summed E-state index contributed by atoms with van der Waals surface area (Å²) in [6.45, 7) is 3.07. The normalized spacial score (nSPS) is 10.3. The van der Waals surface area contributed by atoms with Gasteiger partial charge in [0, 0.05) is 11.1 Å². The number of hydrogen-bond donors (Lipinski definition) is 0. The largest absolute Gasteiger partial charge is 0.497 e. The molecule has 0 fully saturated rings. The van der Waals surface area contributed by atoms with Gasteiger partial charge in [0.1, 0.15) is 11.5 Å². The fourth-order valence-corrected chi connectivity index (χ4v) is 3.23. The van der Waals surface area contributed by atoms with Crippen LogP contribution in [-0.2, 0) is 0 Å². The Balaban J connectivity index is 1.58. The maximum atomic E-state index is 5.86. The molecule has 0 aliphatic heterocycles. The van der Waals surface area contributed by atoms with Gasteiger partial charge in [-0.05, 0) is 55.0 Å². The smallest absolute Gasteiger partial charge is 0.119 e. The van der Waals surface area contributed by atoms with E-state index in [2.05, 4.69) is 18.8 Å². The molecule has 2 heteroatoms. The second-order valence-electron chi connectivity index (χ2n) is 7.53. The quantitative estimate of drug-likeness (QED) is 0.261. The Morgan fingerprint density at radius 3 is 1.52 bits per heavy atom. The van der Waals surface area contributed by atoms with Gasteiger partial charge in [-0.15, -0.1) is 0 Å². The summed E-state index contributed by atoms with van der Waals surface area (Å²) in [6, 6.07) is 15.8. The van der Waals surface area contributed by atoms with E-state index in [1.807, 2.05) is 48.5 Å². The van der Waals surface area contributed by atoms with Gasteiger partial charge < -0.3 is 9.47 Å². The molecular weight excluding hydrogens is 356 g/mol. The molecule has 0 N–H and O–H groups in total. The van der Waals surface area contributed by atoms with Gasteiger partial charge in [0.2, 0.25) is 0 Å². The van der Waals surface area contributed by atoms with Crippen LogP contribution in [0.15, 0.2) is 48.5 Å². The molecule has 0 aliphatic carbocycles. The molecule has 0 amide bonds. The van der Waals surface area contributed by atoms with Crippen LogP contribution in [0.1, 0.15) is 82.3 Å². The van der Waals surface area contributed by atoms with Crippen LogP contribution < -0.4 is 9.47 Å². The molecule has 29 heavy (non-hydrogen) atoms. The Labute approximate surface area is 177 Å². The highest BCUT2D eigenvalue weighted by molar-refractivity contribution is 5.45. The fourth-order valence-electron chi connectivity index (χ4n) is 3.23. The summed E-state index contributed by atoms with van der Waals surface area (Å²) in [5, 5.41) is 0. The summed E-state index contributed by atoms with van der Waals surface area (Å²) in [7, 11) is 1.67. The van der Waals surface area contributed by atoms with Crippen molar-refractivity contribution in [2.75, 3.05) is 13.7 Å². The van der Waals surface area contributed by atoms with Crippen molar-refractivity contribution in [1.82, 2.24) is 0 Å². The molecule has 0 unspecified atom stereocenters. The standard InChI is InChI=1S/C27H36O2/c1-3-4-5-6-7-8-9-10-11-12-23-29-27-21-17-25(18-22-27)14-13-24-15-19-26(28-2)20-16-24/h15-22H,3-12,23H2,1-2H3. The zero-order valence-corrected chi connectivity index (χ0v) is 18.2. The third-order valence-corrected chi connectivity index (χ3v) is 5.06. The predicted molar refractivity (Wildman–Crippen MR) is 123 cm³/mol. The Bertz CT molecular complexity index is 720. The Morgan fingerprint density at radius 1 is 0.586 bits per heavy atom. The Kier molecular flexibility index (Phi) is 11.5. The molecule has 0 bridgehead atoms. The third kappa shape index (κ3) is 10.1. The number of unbranched alkanes of at least 4 members (excludes halogenated alkanes) is 9. The van der Waals surface area contributed by atoms with Crippen LogP contribution in [0.3, 0.4) is 0 Å². The molecule has 0 radical (unpaired) electrons. The maximum absolute atomic E-state index is 5.86. The molecule has 2 nitrogen and oxygen atoms in total. The molecule has 0 atom stereocenters. The van der Waals surface area contributed by atoms with Crippen molar-refractivity contribution in [3.63, 3.8) is 0 Å². The summed E-state index contributed by atoms with van der Waals surface area (Å²) < 4.78 is 11.0. The summed E-state index contributed by atoms with van der Waals surface area (Å²) in [4.78, 5) is 0. The van der Waals surface area contributed by atoms with E-state index in [1.165, 1.54) is 57.8 Å². The number of methoxy groups -OCH3 is 1. The summed E-state index contributed by atoms with van der Waals surface area (Å²) in [5.41, 5.74) is 1.97. The average molecular weight is 393 g/mol. The van der Waals surface area contributed by atoms with Gasteiger partial charge in [0.05, 0.1) is 13.7 Å². The lowest BCUT2D eigenvalue weighted by molar-refractivity contribution is 0.304. The molecule has 0 heterocycles. The summed E-state index contributed by atoms with van der Waals surface area (Å²) in [6.07, 6.45) is 13.5. The first kappa shape index (κ1) is 22.9. The average Bonchev–Trinajstić information content (AvgIpc) is 2.77. The zero-order valence-electron chi connectivity index (χ0n) is 18.2. The lowest BCUT2D eigenvalue weighted by Crippen LogP contribution is -1.97. The first-order valence-corrected chi connectivity index (χ1v) is 11.2. The molecule has 2 rings (SSSR count). The molecule has 2 aromatic carbocycles. The van der Waals surface area contributed by atoms with Gasteiger partial charge in [-0.2, -0.15) is 0 Å². The minimum Gasteiger partial charge on any atom is -0.497 e. The van der Waals surface area contributed by atoms with E-state index in [4.69, 9.17) is 9.47 Å². The predicted octanol–water partition coefficient (Wildman–Crippen LogP) is 7.39. The molecule has 0 saturated heterocycles.